The van der Waals surface area contributed by atoms with Crippen molar-refractivity contribution < 1.29 is 18.1 Å². The number of hydrogen-bond acceptors (Lipinski definition) is 7. The summed E-state index contributed by atoms with van der Waals surface area (Å²) in [4.78, 5) is 22.2. The van der Waals surface area contributed by atoms with Gasteiger partial charge in [-0.05, 0) is 24.3 Å². The Kier molecular flexibility index (Phi) is 5.35. The van der Waals surface area contributed by atoms with Crippen molar-refractivity contribution in [1.29, 1.82) is 0 Å². The SMILES string of the molecule is O=C(CSC1=NS(=O)(=O)c2cc(Cl)ccc2N1)Nc1cccc([N+](=O)[O-])c1. The number of amides is 1. The van der Waals surface area contributed by atoms with Gasteiger partial charge < -0.3 is 10.6 Å². The number of nitrogens with zero attached hydrogens (tertiary/aromatic N) is 2. The van der Waals surface area contributed by atoms with Crippen LogP contribution in [0.5, 0.6) is 0 Å². The number of halogens is 1. The van der Waals surface area contributed by atoms with Crippen LogP contribution >= 0.6 is 23.4 Å². The van der Waals surface area contributed by atoms with E-state index in [-0.39, 0.29) is 32.2 Å². The molecule has 0 bridgehead atoms. The molecule has 1 aliphatic rings. The number of nitrogens with one attached hydrogen (secondary N) is 2. The van der Waals surface area contributed by atoms with Crippen LogP contribution in [0.2, 0.25) is 5.02 Å². The van der Waals surface area contributed by atoms with Gasteiger partial charge in [-0.2, -0.15) is 8.42 Å². The number of sulfonamides is 1. The molecule has 1 heterocycles. The van der Waals surface area contributed by atoms with E-state index in [0.717, 1.165) is 11.8 Å². The smallest absolute Gasteiger partial charge is 0.286 e. The topological polar surface area (TPSA) is 131 Å². The fourth-order valence-electron chi connectivity index (χ4n) is 2.20. The van der Waals surface area contributed by atoms with E-state index in [1.165, 1.54) is 42.5 Å². The number of hydrogen-bond donors (Lipinski definition) is 2. The van der Waals surface area contributed by atoms with Gasteiger partial charge in [-0.3, -0.25) is 14.9 Å². The van der Waals surface area contributed by atoms with Gasteiger partial charge in [-0.25, -0.2) is 0 Å². The Bertz CT molecular complexity index is 1070. The van der Waals surface area contributed by atoms with Gasteiger partial charge in [0.25, 0.3) is 15.7 Å². The maximum atomic E-state index is 12.2. The van der Waals surface area contributed by atoms with Crippen LogP contribution in [-0.2, 0) is 14.8 Å². The van der Waals surface area contributed by atoms with Gasteiger partial charge in [0, 0.05) is 22.8 Å². The van der Waals surface area contributed by atoms with E-state index in [1.807, 2.05) is 0 Å². The summed E-state index contributed by atoms with van der Waals surface area (Å²) in [7, 11) is -3.92. The second-order valence-electron chi connectivity index (χ2n) is 5.28. The van der Waals surface area contributed by atoms with E-state index >= 15 is 0 Å². The van der Waals surface area contributed by atoms with Crippen LogP contribution < -0.4 is 10.6 Å². The van der Waals surface area contributed by atoms with E-state index < -0.39 is 20.9 Å². The van der Waals surface area contributed by atoms with Crippen molar-refractivity contribution in [2.24, 2.45) is 4.40 Å². The molecule has 0 fully saturated rings. The Morgan fingerprint density at radius 3 is 2.81 bits per heavy atom. The average Bonchev–Trinajstić information content (AvgIpc) is 2.60. The van der Waals surface area contributed by atoms with Crippen LogP contribution in [0.4, 0.5) is 17.1 Å². The summed E-state index contributed by atoms with van der Waals surface area (Å²) in [6.07, 6.45) is 0. The zero-order valence-corrected chi connectivity index (χ0v) is 15.8. The number of fused-ring (bicyclic) bond motifs is 1. The predicted molar refractivity (Wildman–Crippen MR) is 104 cm³/mol. The first-order valence-electron chi connectivity index (χ1n) is 7.33. The lowest BCUT2D eigenvalue weighted by Gasteiger charge is -2.17. The van der Waals surface area contributed by atoms with Crippen LogP contribution in [0.15, 0.2) is 51.8 Å². The number of nitro benzene ring substituents is 1. The quantitative estimate of drug-likeness (QED) is 0.567. The molecule has 2 N–H and O–H groups in total. The molecule has 0 aromatic heterocycles. The normalized spacial score (nSPS) is 14.5. The van der Waals surface area contributed by atoms with Gasteiger partial charge in [0.1, 0.15) is 4.90 Å². The summed E-state index contributed by atoms with van der Waals surface area (Å²) in [6, 6.07) is 9.82. The molecular weight excluding hydrogens is 416 g/mol. The minimum absolute atomic E-state index is 0.0408. The third-order valence-corrected chi connectivity index (χ3v) is 5.89. The highest BCUT2D eigenvalue weighted by atomic mass is 35.5. The lowest BCUT2D eigenvalue weighted by molar-refractivity contribution is -0.384. The highest BCUT2D eigenvalue weighted by molar-refractivity contribution is 8.15. The van der Waals surface area contributed by atoms with Crippen LogP contribution in [0.3, 0.4) is 0 Å². The summed E-state index contributed by atoms with van der Waals surface area (Å²) in [5.41, 5.74) is 0.428. The maximum absolute atomic E-state index is 12.2. The molecule has 27 heavy (non-hydrogen) atoms. The largest absolute Gasteiger partial charge is 0.333 e. The average molecular weight is 427 g/mol. The van der Waals surface area contributed by atoms with Crippen LogP contribution in [-0.4, -0.2) is 30.2 Å². The molecule has 2 aromatic rings. The van der Waals surface area contributed by atoms with Gasteiger partial charge >= 0.3 is 0 Å². The fraction of sp³-hybridized carbons (Fsp3) is 0.0667. The number of nitro groups is 1. The number of thioether (sulfide) groups is 1. The molecule has 0 radical (unpaired) electrons. The highest BCUT2D eigenvalue weighted by Gasteiger charge is 2.25. The molecule has 12 heteroatoms. The molecule has 1 aliphatic heterocycles. The Balaban J connectivity index is 1.66. The van der Waals surface area contributed by atoms with Gasteiger partial charge in [-0.15, -0.1) is 4.40 Å². The second-order valence-corrected chi connectivity index (χ2v) is 8.25. The molecule has 0 unspecified atom stereocenters. The monoisotopic (exact) mass is 426 g/mol. The first-order valence-corrected chi connectivity index (χ1v) is 10.1. The third-order valence-electron chi connectivity index (χ3n) is 3.35. The molecule has 0 saturated carbocycles. The minimum atomic E-state index is -3.92. The molecule has 0 atom stereocenters. The summed E-state index contributed by atoms with van der Waals surface area (Å²) in [5.74, 6) is -0.614. The summed E-state index contributed by atoms with van der Waals surface area (Å²) in [6.45, 7) is 0. The van der Waals surface area contributed by atoms with E-state index in [4.69, 9.17) is 11.6 Å². The number of carbonyl (C=O) groups is 1. The fourth-order valence-corrected chi connectivity index (χ4v) is 4.50. The standard InChI is InChI=1S/C15H11ClN4O5S2/c16-9-4-5-12-13(6-9)27(24,25)19-15(18-12)26-8-14(21)17-10-2-1-3-11(7-10)20(22)23/h1-7H,8H2,(H,17,21)(H,18,19). The van der Waals surface area contributed by atoms with Crippen molar-refractivity contribution in [3.63, 3.8) is 0 Å². The first kappa shape index (κ1) is 19.1. The number of non-ortho nitro benzene ring substituents is 1. The van der Waals surface area contributed by atoms with E-state index in [1.54, 1.807) is 0 Å². The third kappa shape index (κ3) is 4.56. The molecule has 1 amide bonds. The highest BCUT2D eigenvalue weighted by Crippen LogP contribution is 2.31. The summed E-state index contributed by atoms with van der Waals surface area (Å²) < 4.78 is 28.0. The maximum Gasteiger partial charge on any atom is 0.286 e. The molecule has 9 nitrogen and oxygen atoms in total. The van der Waals surface area contributed by atoms with Gasteiger partial charge in [0.2, 0.25) is 5.91 Å². The Labute approximate surface area is 163 Å². The molecule has 3 rings (SSSR count). The van der Waals surface area contributed by atoms with E-state index in [0.29, 0.717) is 5.69 Å². The van der Waals surface area contributed by atoms with Crippen molar-refractivity contribution >= 4 is 61.5 Å². The van der Waals surface area contributed by atoms with Crippen molar-refractivity contribution in [2.75, 3.05) is 16.4 Å². The molecule has 0 saturated heterocycles. The molecule has 0 spiro atoms. The van der Waals surface area contributed by atoms with E-state index in [9.17, 15) is 23.3 Å². The number of rotatable bonds is 4. The predicted octanol–water partition coefficient (Wildman–Crippen LogP) is 3.09. The van der Waals surface area contributed by atoms with Crippen molar-refractivity contribution in [2.45, 2.75) is 4.90 Å². The van der Waals surface area contributed by atoms with Crippen LogP contribution in [0.1, 0.15) is 0 Å². The summed E-state index contributed by atoms with van der Waals surface area (Å²) >= 11 is 6.70. The number of anilines is 2. The lowest BCUT2D eigenvalue weighted by atomic mass is 10.3. The molecular formula is C15H11ClN4O5S2. The molecule has 140 valence electrons. The summed E-state index contributed by atoms with van der Waals surface area (Å²) in [5, 5.41) is 16.4. The van der Waals surface area contributed by atoms with Crippen LogP contribution in [0, 0.1) is 10.1 Å². The van der Waals surface area contributed by atoms with E-state index in [2.05, 4.69) is 15.0 Å². The van der Waals surface area contributed by atoms with Gasteiger partial charge in [-0.1, -0.05) is 29.4 Å². The zero-order chi connectivity index (χ0) is 19.6. The van der Waals surface area contributed by atoms with Crippen molar-refractivity contribution in [3.05, 3.63) is 57.6 Å². The zero-order valence-electron chi connectivity index (χ0n) is 13.4. The molecule has 2 aromatic carbocycles. The Morgan fingerprint density at radius 2 is 2.07 bits per heavy atom. The first-order chi connectivity index (χ1) is 12.7. The minimum Gasteiger partial charge on any atom is -0.333 e. The lowest BCUT2D eigenvalue weighted by Crippen LogP contribution is -2.22. The van der Waals surface area contributed by atoms with Crippen molar-refractivity contribution in [1.82, 2.24) is 0 Å². The molecule has 0 aliphatic carbocycles. The Morgan fingerprint density at radius 1 is 1.30 bits per heavy atom. The number of carbonyl (C=O) groups excluding carboxylic acids is 1. The Hall–Kier alpha value is -2.63. The van der Waals surface area contributed by atoms with Gasteiger partial charge in [0.15, 0.2) is 5.17 Å². The second kappa shape index (κ2) is 7.55. The number of benzene rings is 2. The van der Waals surface area contributed by atoms with Gasteiger partial charge in [0.05, 0.1) is 16.4 Å². The van der Waals surface area contributed by atoms with Crippen LogP contribution in [0.25, 0.3) is 0 Å². The number of amidine groups is 1. The van der Waals surface area contributed by atoms with Crippen molar-refractivity contribution in [3.8, 4) is 0 Å².